The molecular formula is C39H34ClN3O4S. The van der Waals surface area contributed by atoms with Crippen LogP contribution in [0, 0.1) is 0 Å². The van der Waals surface area contributed by atoms with E-state index in [1.165, 1.54) is 11.3 Å². The summed E-state index contributed by atoms with van der Waals surface area (Å²) in [4.78, 5) is 34.0. The number of carbonyl (C=O) groups excluding carboxylic acids is 1. The zero-order valence-electron chi connectivity index (χ0n) is 26.9. The quantitative estimate of drug-likeness (QED) is 0.150. The summed E-state index contributed by atoms with van der Waals surface area (Å²) in [5, 5.41) is 3.59. The molecule has 1 aliphatic rings. The van der Waals surface area contributed by atoms with Gasteiger partial charge in [0.25, 0.3) is 5.56 Å². The Bertz CT molecular complexity index is 2400. The maximum atomic E-state index is 14.6. The topological polar surface area (TPSA) is 74.8 Å². The van der Waals surface area contributed by atoms with Gasteiger partial charge in [0, 0.05) is 39.8 Å². The Kier molecular flexibility index (Phi) is 8.77. The molecule has 4 aromatic carbocycles. The molecule has 48 heavy (non-hydrogen) atoms. The molecule has 7 rings (SSSR count). The fourth-order valence-electron chi connectivity index (χ4n) is 6.58. The fraction of sp³-hybridized carbons (Fsp3) is 0.205. The molecular weight excluding hydrogens is 642 g/mol. The Hall–Kier alpha value is -4.92. The Morgan fingerprint density at radius 1 is 0.979 bits per heavy atom. The molecule has 1 atom stereocenters. The van der Waals surface area contributed by atoms with Crippen LogP contribution in [0.5, 0.6) is 5.75 Å². The molecule has 0 saturated heterocycles. The van der Waals surface area contributed by atoms with E-state index in [0.29, 0.717) is 44.3 Å². The number of aromatic nitrogens is 2. The second-order valence-electron chi connectivity index (χ2n) is 11.7. The molecule has 3 heterocycles. The molecule has 6 aromatic rings. The number of esters is 1. The minimum Gasteiger partial charge on any atom is -0.496 e. The van der Waals surface area contributed by atoms with Crippen molar-refractivity contribution in [1.29, 1.82) is 0 Å². The minimum absolute atomic E-state index is 0.200. The van der Waals surface area contributed by atoms with Crippen LogP contribution < -0.4 is 19.6 Å². The van der Waals surface area contributed by atoms with Crippen LogP contribution in [0.15, 0.2) is 112 Å². The van der Waals surface area contributed by atoms with Crippen LogP contribution in [-0.2, 0) is 16.1 Å². The lowest BCUT2D eigenvalue weighted by Gasteiger charge is -2.28. The summed E-state index contributed by atoms with van der Waals surface area (Å²) in [6.45, 7) is 4.68. The zero-order valence-corrected chi connectivity index (χ0v) is 28.5. The number of nitrogens with zero attached hydrogens (tertiary/aromatic N) is 3. The zero-order chi connectivity index (χ0) is 33.4. The molecule has 0 spiro atoms. The second-order valence-corrected chi connectivity index (χ2v) is 13.1. The van der Waals surface area contributed by atoms with Crippen molar-refractivity contribution in [1.82, 2.24) is 9.13 Å². The molecule has 0 saturated carbocycles. The number of thiazole rings is 1. The summed E-state index contributed by atoms with van der Waals surface area (Å²) >= 11 is 7.47. The Labute approximate surface area is 286 Å². The van der Waals surface area contributed by atoms with Crippen molar-refractivity contribution in [2.45, 2.75) is 39.3 Å². The lowest BCUT2D eigenvalue weighted by Crippen LogP contribution is -2.40. The molecule has 9 heteroatoms. The first kappa shape index (κ1) is 31.7. The molecule has 0 fully saturated rings. The standard InChI is InChI=1S/C39H34ClN3O4S/c1-4-10-30-35(38(45)47-5-2)36(34-29-13-7-6-11-25(29)17-20-32(34)46-3)43-37(44)33(48-39(43)41-30)21-26-23-42(31-14-9-8-12-28(26)31)22-24-15-18-27(40)19-16-24/h6-9,11-21,23,36H,4-5,10,22H2,1-3H3/b33-21+/t36-/m1/s1. The van der Waals surface area contributed by atoms with E-state index in [4.69, 9.17) is 26.1 Å². The number of ether oxygens (including phenoxy) is 2. The average Bonchev–Trinajstić information content (AvgIpc) is 3.60. The predicted molar refractivity (Wildman–Crippen MR) is 193 cm³/mol. The van der Waals surface area contributed by atoms with Crippen molar-refractivity contribution in [2.75, 3.05) is 13.7 Å². The molecule has 7 nitrogen and oxygen atoms in total. The number of hydrogen-bond donors (Lipinski definition) is 0. The third-order valence-corrected chi connectivity index (χ3v) is 9.92. The van der Waals surface area contributed by atoms with Crippen molar-refractivity contribution in [2.24, 2.45) is 4.99 Å². The largest absolute Gasteiger partial charge is 0.496 e. The molecule has 1 aliphatic heterocycles. The van der Waals surface area contributed by atoms with Crippen molar-refractivity contribution in [3.63, 3.8) is 0 Å². The van der Waals surface area contributed by atoms with Crippen LogP contribution in [-0.4, -0.2) is 28.8 Å². The van der Waals surface area contributed by atoms with Crippen LogP contribution in [0.2, 0.25) is 5.02 Å². The van der Waals surface area contributed by atoms with Gasteiger partial charge >= 0.3 is 5.97 Å². The van der Waals surface area contributed by atoms with E-state index in [9.17, 15) is 9.59 Å². The highest BCUT2D eigenvalue weighted by Gasteiger charge is 2.37. The maximum absolute atomic E-state index is 14.6. The van der Waals surface area contributed by atoms with Gasteiger partial charge in [-0.1, -0.05) is 96.9 Å². The van der Waals surface area contributed by atoms with E-state index < -0.39 is 12.0 Å². The fourth-order valence-corrected chi connectivity index (χ4v) is 7.72. The lowest BCUT2D eigenvalue weighted by molar-refractivity contribution is -0.139. The number of methoxy groups -OCH3 is 1. The Balaban J connectivity index is 1.47. The summed E-state index contributed by atoms with van der Waals surface area (Å²) in [6, 6.07) is 27.0. The maximum Gasteiger partial charge on any atom is 0.338 e. The SMILES string of the molecule is CCCC1=C(C(=O)OCC)[C@@H](c2c(OC)ccc3ccccc23)n2c(s/c(=C/c3cn(Cc4ccc(Cl)cc4)c4ccccc34)c2=O)=N1. The summed E-state index contributed by atoms with van der Waals surface area (Å²) in [5.41, 5.74) is 4.59. The third-order valence-electron chi connectivity index (χ3n) is 8.69. The van der Waals surface area contributed by atoms with Crippen LogP contribution >= 0.6 is 22.9 Å². The van der Waals surface area contributed by atoms with Crippen molar-refractivity contribution in [3.8, 4) is 5.75 Å². The first-order valence-corrected chi connectivity index (χ1v) is 17.2. The van der Waals surface area contributed by atoms with Gasteiger partial charge in [-0.15, -0.1) is 0 Å². The summed E-state index contributed by atoms with van der Waals surface area (Å²) in [7, 11) is 1.61. The normalized spacial score (nSPS) is 14.8. The van der Waals surface area contributed by atoms with Crippen LogP contribution in [0.1, 0.15) is 49.4 Å². The van der Waals surface area contributed by atoms with E-state index >= 15 is 0 Å². The van der Waals surface area contributed by atoms with Crippen LogP contribution in [0.3, 0.4) is 0 Å². The van der Waals surface area contributed by atoms with Gasteiger partial charge in [0.2, 0.25) is 0 Å². The molecule has 0 radical (unpaired) electrons. The van der Waals surface area contributed by atoms with Gasteiger partial charge in [-0.05, 0) is 60.0 Å². The van der Waals surface area contributed by atoms with E-state index in [1.54, 1.807) is 18.6 Å². The van der Waals surface area contributed by atoms with Gasteiger partial charge in [0.1, 0.15) is 11.8 Å². The van der Waals surface area contributed by atoms with Crippen LogP contribution in [0.4, 0.5) is 0 Å². The molecule has 0 aliphatic carbocycles. The number of benzene rings is 4. The third kappa shape index (κ3) is 5.65. The minimum atomic E-state index is -0.795. The van der Waals surface area contributed by atoms with Gasteiger partial charge in [0.15, 0.2) is 4.80 Å². The highest BCUT2D eigenvalue weighted by molar-refractivity contribution is 7.07. The number of fused-ring (bicyclic) bond motifs is 3. The number of allylic oxidation sites excluding steroid dienone is 1. The molecule has 0 N–H and O–H groups in total. The summed E-state index contributed by atoms with van der Waals surface area (Å²) < 4.78 is 15.9. The van der Waals surface area contributed by atoms with Crippen molar-refractivity contribution in [3.05, 3.63) is 144 Å². The van der Waals surface area contributed by atoms with Gasteiger partial charge < -0.3 is 14.0 Å². The van der Waals surface area contributed by atoms with Gasteiger partial charge in [-0.3, -0.25) is 9.36 Å². The summed E-state index contributed by atoms with van der Waals surface area (Å²) in [5.74, 6) is 0.0994. The molecule has 242 valence electrons. The van der Waals surface area contributed by atoms with E-state index in [1.807, 2.05) is 85.8 Å². The first-order valence-electron chi connectivity index (χ1n) is 16.0. The average molecular weight is 676 g/mol. The van der Waals surface area contributed by atoms with Crippen molar-refractivity contribution < 1.29 is 14.3 Å². The van der Waals surface area contributed by atoms with E-state index in [0.717, 1.165) is 44.8 Å². The number of hydrogen-bond acceptors (Lipinski definition) is 6. The number of carbonyl (C=O) groups is 1. The molecule has 0 amide bonds. The first-order chi connectivity index (χ1) is 23.4. The van der Waals surface area contributed by atoms with Gasteiger partial charge in [-0.25, -0.2) is 9.79 Å². The summed E-state index contributed by atoms with van der Waals surface area (Å²) in [6.07, 6.45) is 5.34. The Morgan fingerprint density at radius 3 is 2.48 bits per heavy atom. The smallest absolute Gasteiger partial charge is 0.338 e. The van der Waals surface area contributed by atoms with Crippen LogP contribution in [0.25, 0.3) is 27.8 Å². The van der Waals surface area contributed by atoms with Gasteiger partial charge in [0.05, 0.1) is 29.5 Å². The Morgan fingerprint density at radius 2 is 1.73 bits per heavy atom. The highest BCUT2D eigenvalue weighted by Crippen LogP contribution is 2.41. The lowest BCUT2D eigenvalue weighted by atomic mass is 9.90. The highest BCUT2D eigenvalue weighted by atomic mass is 35.5. The second kappa shape index (κ2) is 13.3. The molecule has 0 unspecified atom stereocenters. The molecule has 2 aromatic heterocycles. The van der Waals surface area contributed by atoms with Crippen molar-refractivity contribution >= 4 is 56.7 Å². The molecule has 0 bridgehead atoms. The number of halogens is 1. The van der Waals surface area contributed by atoms with E-state index in [-0.39, 0.29) is 12.2 Å². The predicted octanol–water partition coefficient (Wildman–Crippen LogP) is 7.40. The number of rotatable bonds is 9. The van der Waals surface area contributed by atoms with E-state index in [2.05, 4.69) is 22.9 Å². The van der Waals surface area contributed by atoms with Gasteiger partial charge in [-0.2, -0.15) is 0 Å². The monoisotopic (exact) mass is 675 g/mol. The number of para-hydroxylation sites is 1.